The molecular formula is C11H12BrF9O2. The first-order valence-electron chi connectivity index (χ1n) is 5.79. The van der Waals surface area contributed by atoms with Gasteiger partial charge in [0.2, 0.25) is 0 Å². The van der Waals surface area contributed by atoms with Gasteiger partial charge in [-0.25, -0.2) is 0 Å². The molecule has 0 bridgehead atoms. The van der Waals surface area contributed by atoms with Gasteiger partial charge in [0, 0.05) is 5.41 Å². The Bertz CT molecular complexity index is 453. The number of rotatable bonds is 5. The van der Waals surface area contributed by atoms with Gasteiger partial charge in [-0.05, 0) is 0 Å². The molecule has 0 heterocycles. The molecule has 0 amide bonds. The molecule has 0 saturated carbocycles. The Hall–Kier alpha value is -0.520. The van der Waals surface area contributed by atoms with Crippen LogP contribution in [0.25, 0.3) is 0 Å². The number of carbonyl (C=O) groups is 1. The van der Waals surface area contributed by atoms with Crippen molar-refractivity contribution in [2.45, 2.75) is 55.6 Å². The molecule has 0 rings (SSSR count). The fourth-order valence-corrected chi connectivity index (χ4v) is 2.33. The average Bonchev–Trinajstić information content (AvgIpc) is 2.32. The number of hydrogen-bond acceptors (Lipinski definition) is 2. The summed E-state index contributed by atoms with van der Waals surface area (Å²) in [4.78, 5) is 9.14. The fraction of sp³-hybridized carbons (Fsp3) is 0.909. The lowest BCUT2D eigenvalue weighted by Gasteiger charge is -2.37. The second-order valence-electron chi connectivity index (χ2n) is 5.73. The minimum Gasteiger partial charge on any atom is -0.385 e. The van der Waals surface area contributed by atoms with Crippen molar-refractivity contribution in [1.29, 1.82) is 0 Å². The molecule has 23 heavy (non-hydrogen) atoms. The summed E-state index contributed by atoms with van der Waals surface area (Å²) in [5.41, 5.74) is -1.47. The van der Waals surface area contributed by atoms with Crippen LogP contribution in [0.4, 0.5) is 39.5 Å². The van der Waals surface area contributed by atoms with Crippen molar-refractivity contribution in [2.24, 2.45) is 5.41 Å². The Labute approximate surface area is 133 Å². The van der Waals surface area contributed by atoms with E-state index in [4.69, 9.17) is 5.11 Å². The molecule has 0 aliphatic carbocycles. The summed E-state index contributed by atoms with van der Waals surface area (Å²) < 4.78 is 114. The number of alkyl halides is 10. The molecule has 12 heteroatoms. The van der Waals surface area contributed by atoms with Gasteiger partial charge in [-0.2, -0.15) is 39.5 Å². The third-order valence-corrected chi connectivity index (χ3v) is 3.72. The number of halogens is 10. The summed E-state index contributed by atoms with van der Waals surface area (Å²) in [5.74, 6) is -21.7. The first-order chi connectivity index (χ1) is 9.73. The zero-order chi connectivity index (χ0) is 19.2. The predicted molar refractivity (Wildman–Crippen MR) is 64.1 cm³/mol. The quantitative estimate of drug-likeness (QED) is 0.528. The van der Waals surface area contributed by atoms with E-state index in [2.05, 4.69) is 15.9 Å². The topological polar surface area (TPSA) is 37.3 Å². The van der Waals surface area contributed by atoms with Gasteiger partial charge in [-0.1, -0.05) is 36.7 Å². The van der Waals surface area contributed by atoms with Crippen molar-refractivity contribution in [3.63, 3.8) is 0 Å². The molecule has 0 aliphatic heterocycles. The molecule has 0 aliphatic rings. The molecule has 0 spiro atoms. The Morgan fingerprint density at radius 1 is 0.870 bits per heavy atom. The predicted octanol–water partition coefficient (Wildman–Crippen LogP) is 4.19. The van der Waals surface area contributed by atoms with E-state index in [1.807, 2.05) is 0 Å². The van der Waals surface area contributed by atoms with Crippen molar-refractivity contribution in [3.8, 4) is 0 Å². The normalized spacial score (nSPS) is 17.8. The minimum absolute atomic E-state index is 1.14. The van der Waals surface area contributed by atoms with Crippen molar-refractivity contribution in [2.75, 3.05) is 0 Å². The van der Waals surface area contributed by atoms with E-state index >= 15 is 0 Å². The molecule has 0 aromatic carbocycles. The average molecular weight is 427 g/mol. The molecule has 0 fully saturated rings. The van der Waals surface area contributed by atoms with E-state index in [0.29, 0.717) is 0 Å². The number of carbonyl (C=O) groups excluding carboxylic acids is 1. The van der Waals surface area contributed by atoms with Crippen LogP contribution in [-0.4, -0.2) is 45.8 Å². The van der Waals surface area contributed by atoms with E-state index in [9.17, 15) is 44.3 Å². The highest BCUT2D eigenvalue weighted by Gasteiger charge is 2.83. The second kappa shape index (κ2) is 6.08. The largest absolute Gasteiger partial charge is 0.460 e. The summed E-state index contributed by atoms with van der Waals surface area (Å²) >= 11 is 2.15. The zero-order valence-corrected chi connectivity index (χ0v) is 13.4. The van der Waals surface area contributed by atoms with Gasteiger partial charge >= 0.3 is 23.9 Å². The van der Waals surface area contributed by atoms with E-state index in [0.717, 1.165) is 20.8 Å². The number of ketones is 1. The van der Waals surface area contributed by atoms with Gasteiger partial charge in [-0.3, -0.25) is 4.79 Å². The van der Waals surface area contributed by atoms with Crippen LogP contribution in [0.2, 0.25) is 0 Å². The van der Waals surface area contributed by atoms with Crippen LogP contribution in [-0.2, 0) is 4.79 Å². The molecule has 0 aromatic heterocycles. The van der Waals surface area contributed by atoms with Crippen LogP contribution in [0.15, 0.2) is 0 Å². The van der Waals surface area contributed by atoms with Crippen LogP contribution in [0.5, 0.6) is 0 Å². The van der Waals surface area contributed by atoms with Gasteiger partial charge in [-0.15, -0.1) is 0 Å². The highest BCUT2D eigenvalue weighted by atomic mass is 79.9. The maximum absolute atomic E-state index is 13.5. The maximum atomic E-state index is 13.5. The van der Waals surface area contributed by atoms with Crippen molar-refractivity contribution in [1.82, 2.24) is 0 Å². The van der Waals surface area contributed by atoms with Crippen LogP contribution in [0, 0.1) is 5.41 Å². The van der Waals surface area contributed by atoms with E-state index in [1.165, 1.54) is 0 Å². The molecule has 2 nitrogen and oxygen atoms in total. The molecule has 2 unspecified atom stereocenters. The summed E-state index contributed by atoms with van der Waals surface area (Å²) in [6, 6.07) is 0. The van der Waals surface area contributed by atoms with Crippen LogP contribution in [0.1, 0.15) is 20.8 Å². The zero-order valence-electron chi connectivity index (χ0n) is 11.8. The fourth-order valence-electron chi connectivity index (χ4n) is 1.31. The van der Waals surface area contributed by atoms with Gasteiger partial charge < -0.3 is 5.11 Å². The lowest BCUT2D eigenvalue weighted by atomic mass is 9.85. The third-order valence-electron chi connectivity index (χ3n) is 2.81. The first kappa shape index (κ1) is 22.5. The lowest BCUT2D eigenvalue weighted by molar-refractivity contribution is -0.405. The Morgan fingerprint density at radius 3 is 1.48 bits per heavy atom. The highest BCUT2D eigenvalue weighted by molar-refractivity contribution is 9.10. The Kier molecular flexibility index (Phi) is 5.95. The smallest absolute Gasteiger partial charge is 0.385 e. The van der Waals surface area contributed by atoms with Crippen LogP contribution in [0.3, 0.4) is 0 Å². The number of aliphatic hydroxyl groups is 1. The third kappa shape index (κ3) is 3.77. The number of Topliss-reactive ketones (excluding diaryl/α,β-unsaturated/α-hetero) is 1. The minimum atomic E-state index is -7.12. The second-order valence-corrected chi connectivity index (χ2v) is 6.72. The number of hydrogen-bond donors (Lipinski definition) is 1. The molecule has 138 valence electrons. The van der Waals surface area contributed by atoms with Crippen LogP contribution >= 0.6 is 15.9 Å². The SMILES string of the molecule is CC(C)(C)C(=O)C(Br)C(O)C(F)(F)C(F)(F)C(F)(F)C(F)(F)F. The summed E-state index contributed by atoms with van der Waals surface area (Å²) in [6.45, 7) is 3.41. The Morgan fingerprint density at radius 2 is 1.22 bits per heavy atom. The highest BCUT2D eigenvalue weighted by Crippen LogP contribution is 2.54. The van der Waals surface area contributed by atoms with Crippen molar-refractivity contribution in [3.05, 3.63) is 0 Å². The number of aliphatic hydroxyl groups excluding tert-OH is 1. The summed E-state index contributed by atoms with van der Waals surface area (Å²) in [6.07, 6.45) is -10.8. The van der Waals surface area contributed by atoms with Gasteiger partial charge in [0.25, 0.3) is 0 Å². The molecule has 2 atom stereocenters. The lowest BCUT2D eigenvalue weighted by Crippen LogP contribution is -2.66. The van der Waals surface area contributed by atoms with Crippen molar-refractivity contribution < 1.29 is 49.4 Å². The standard InChI is InChI=1S/C11H12BrF9O2/c1-7(2,3)5(22)4(12)6(23)8(13,14)9(15,16)10(17,18)11(19,20)21/h4,6,23H,1-3H3. The van der Waals surface area contributed by atoms with E-state index in [-0.39, 0.29) is 0 Å². The monoisotopic (exact) mass is 426 g/mol. The molecule has 0 aromatic rings. The molecule has 1 N–H and O–H groups in total. The van der Waals surface area contributed by atoms with E-state index in [1.54, 1.807) is 0 Å². The van der Waals surface area contributed by atoms with Crippen molar-refractivity contribution >= 4 is 21.7 Å². The molecule has 0 radical (unpaired) electrons. The van der Waals surface area contributed by atoms with Gasteiger partial charge in [0.05, 0.1) is 0 Å². The first-order valence-corrected chi connectivity index (χ1v) is 6.71. The Balaban J connectivity index is 5.84. The molecular weight excluding hydrogens is 415 g/mol. The molecule has 0 saturated heterocycles. The summed E-state index contributed by atoms with van der Waals surface area (Å²) in [7, 11) is 0. The van der Waals surface area contributed by atoms with Crippen LogP contribution < -0.4 is 0 Å². The maximum Gasteiger partial charge on any atom is 0.460 e. The van der Waals surface area contributed by atoms with E-state index < -0.39 is 46.1 Å². The summed E-state index contributed by atoms with van der Waals surface area (Å²) in [5, 5.41) is 9.15. The van der Waals surface area contributed by atoms with Gasteiger partial charge in [0.15, 0.2) is 5.78 Å². The van der Waals surface area contributed by atoms with Gasteiger partial charge in [0.1, 0.15) is 10.9 Å².